The van der Waals surface area contributed by atoms with Crippen molar-refractivity contribution in [3.05, 3.63) is 101 Å². The van der Waals surface area contributed by atoms with Crippen molar-refractivity contribution in [2.24, 2.45) is 5.92 Å². The second-order valence-electron chi connectivity index (χ2n) is 9.34. The van der Waals surface area contributed by atoms with Crippen LogP contribution in [0.4, 0.5) is 13.2 Å². The number of aryl methyl sites for hydroxylation is 1. The summed E-state index contributed by atoms with van der Waals surface area (Å²) >= 11 is 0. The topological polar surface area (TPSA) is 34.1 Å². The molecule has 3 nitrogen and oxygen atoms in total. The smallest absolute Gasteiger partial charge is 0.372 e. The summed E-state index contributed by atoms with van der Waals surface area (Å²) in [6.07, 6.45) is -0.208. The molecule has 1 aromatic heterocycles. The summed E-state index contributed by atoms with van der Waals surface area (Å²) in [6, 6.07) is 20.3. The number of nitrogens with one attached hydrogen (secondary N) is 1. The van der Waals surface area contributed by atoms with Gasteiger partial charge >= 0.3 is 6.18 Å². The maximum Gasteiger partial charge on any atom is 0.416 e. The van der Waals surface area contributed by atoms with Gasteiger partial charge in [-0.3, -0.25) is 4.98 Å². The number of alkyl halides is 3. The second-order valence-corrected chi connectivity index (χ2v) is 9.34. The fourth-order valence-electron chi connectivity index (χ4n) is 4.75. The summed E-state index contributed by atoms with van der Waals surface area (Å²) in [5.41, 5.74) is 2.33. The lowest BCUT2D eigenvalue weighted by Gasteiger charge is -2.42. The standard InChI is InChI=1S/C28H31F3N2O/c1-20-14-23(17-25(15-20)28(29,30)31)21(2)34-19-27(24-8-4-3-5-9-24)12-11-22(18-33-27)16-26-10-6-7-13-32-26/h3-10,13-15,17,21-22,33H,11-12,16,18-19H2,1-2H3/t21-,22-,27-/m1/s1. The molecular formula is C28H31F3N2O. The van der Waals surface area contributed by atoms with Gasteiger partial charge in [-0.25, -0.2) is 0 Å². The molecule has 0 spiro atoms. The van der Waals surface area contributed by atoms with Crippen LogP contribution in [0.5, 0.6) is 0 Å². The first kappa shape index (κ1) is 24.4. The van der Waals surface area contributed by atoms with E-state index in [-0.39, 0.29) is 5.54 Å². The molecule has 0 unspecified atom stereocenters. The maximum absolute atomic E-state index is 13.3. The summed E-state index contributed by atoms with van der Waals surface area (Å²) in [5, 5.41) is 3.74. The molecule has 1 aliphatic rings. The molecule has 180 valence electrons. The fraction of sp³-hybridized carbons (Fsp3) is 0.393. The van der Waals surface area contributed by atoms with Gasteiger partial charge in [-0.2, -0.15) is 13.2 Å². The largest absolute Gasteiger partial charge is 0.416 e. The van der Waals surface area contributed by atoms with E-state index in [1.165, 1.54) is 12.1 Å². The van der Waals surface area contributed by atoms with E-state index in [1.54, 1.807) is 13.0 Å². The van der Waals surface area contributed by atoms with Gasteiger partial charge in [0.1, 0.15) is 0 Å². The number of hydrogen-bond acceptors (Lipinski definition) is 3. The molecule has 1 N–H and O–H groups in total. The Labute approximate surface area is 199 Å². The third-order valence-electron chi connectivity index (χ3n) is 6.73. The maximum atomic E-state index is 13.3. The van der Waals surface area contributed by atoms with Crippen LogP contribution in [0.25, 0.3) is 0 Å². The van der Waals surface area contributed by atoms with Crippen LogP contribution in [-0.4, -0.2) is 18.1 Å². The first-order valence-corrected chi connectivity index (χ1v) is 11.8. The molecule has 0 amide bonds. The Morgan fingerprint density at radius 3 is 2.50 bits per heavy atom. The van der Waals surface area contributed by atoms with Gasteiger partial charge in [0.15, 0.2) is 0 Å². The van der Waals surface area contributed by atoms with Crippen LogP contribution in [0.2, 0.25) is 0 Å². The fourth-order valence-corrected chi connectivity index (χ4v) is 4.75. The molecule has 34 heavy (non-hydrogen) atoms. The molecule has 6 heteroatoms. The quantitative estimate of drug-likeness (QED) is 0.423. The lowest BCUT2D eigenvalue weighted by Crippen LogP contribution is -2.52. The molecule has 1 fully saturated rings. The molecule has 0 aliphatic carbocycles. The van der Waals surface area contributed by atoms with Crippen molar-refractivity contribution < 1.29 is 17.9 Å². The second kappa shape index (κ2) is 10.3. The Morgan fingerprint density at radius 1 is 1.09 bits per heavy atom. The van der Waals surface area contributed by atoms with Gasteiger partial charge < -0.3 is 10.1 Å². The minimum absolute atomic E-state index is 0.379. The Balaban J connectivity index is 1.48. The molecule has 1 aliphatic heterocycles. The highest BCUT2D eigenvalue weighted by Gasteiger charge is 2.38. The van der Waals surface area contributed by atoms with Gasteiger partial charge in [0.2, 0.25) is 0 Å². The van der Waals surface area contributed by atoms with E-state index < -0.39 is 17.8 Å². The number of rotatable bonds is 7. The first-order chi connectivity index (χ1) is 16.2. The van der Waals surface area contributed by atoms with E-state index in [9.17, 15) is 13.2 Å². The van der Waals surface area contributed by atoms with Gasteiger partial charge in [0, 0.05) is 11.9 Å². The molecule has 3 atom stereocenters. The van der Waals surface area contributed by atoms with Crippen LogP contribution >= 0.6 is 0 Å². The molecule has 4 rings (SSSR count). The van der Waals surface area contributed by atoms with Gasteiger partial charge in [0.05, 0.1) is 23.8 Å². The van der Waals surface area contributed by atoms with Crippen molar-refractivity contribution in [2.45, 2.75) is 50.9 Å². The SMILES string of the molecule is Cc1cc([C@@H](C)OC[C@@]2(c3ccccc3)CC[C@H](Cc3ccccn3)CN2)cc(C(F)(F)F)c1. The predicted molar refractivity (Wildman–Crippen MR) is 127 cm³/mol. The molecule has 3 aromatic rings. The van der Waals surface area contributed by atoms with Crippen LogP contribution in [0.1, 0.15) is 53.8 Å². The molecule has 2 aromatic carbocycles. The predicted octanol–water partition coefficient (Wildman–Crippen LogP) is 6.62. The van der Waals surface area contributed by atoms with Crippen molar-refractivity contribution in [3.63, 3.8) is 0 Å². The van der Waals surface area contributed by atoms with Crippen molar-refractivity contribution in [3.8, 4) is 0 Å². The van der Waals surface area contributed by atoms with E-state index in [2.05, 4.69) is 28.5 Å². The Bertz CT molecular complexity index is 1060. The molecule has 0 saturated carbocycles. The number of hydrogen-bond donors (Lipinski definition) is 1. The normalized spacial score (nSPS) is 21.9. The third kappa shape index (κ3) is 5.86. The lowest BCUT2D eigenvalue weighted by atomic mass is 9.78. The van der Waals surface area contributed by atoms with E-state index in [4.69, 9.17) is 4.74 Å². The summed E-state index contributed by atoms with van der Waals surface area (Å²) in [5.74, 6) is 0.468. The van der Waals surface area contributed by atoms with E-state index >= 15 is 0 Å². The Morgan fingerprint density at radius 2 is 1.85 bits per heavy atom. The minimum atomic E-state index is -4.38. The van der Waals surface area contributed by atoms with Gasteiger partial charge in [-0.05, 0) is 81.0 Å². The van der Waals surface area contributed by atoms with Gasteiger partial charge in [0.25, 0.3) is 0 Å². The van der Waals surface area contributed by atoms with Gasteiger partial charge in [-0.1, -0.05) is 48.0 Å². The minimum Gasteiger partial charge on any atom is -0.372 e. The van der Waals surface area contributed by atoms with Crippen molar-refractivity contribution >= 4 is 0 Å². The third-order valence-corrected chi connectivity index (χ3v) is 6.73. The number of benzene rings is 2. The van der Waals surface area contributed by atoms with Crippen LogP contribution in [0.15, 0.2) is 72.9 Å². The zero-order chi connectivity index (χ0) is 24.2. The van der Waals surface area contributed by atoms with Crippen molar-refractivity contribution in [1.29, 1.82) is 0 Å². The zero-order valence-corrected chi connectivity index (χ0v) is 19.6. The van der Waals surface area contributed by atoms with Crippen LogP contribution < -0.4 is 5.32 Å². The van der Waals surface area contributed by atoms with Crippen LogP contribution in [0.3, 0.4) is 0 Å². The average molecular weight is 469 g/mol. The average Bonchev–Trinajstić information content (AvgIpc) is 2.84. The molecule has 0 radical (unpaired) electrons. The number of piperidine rings is 1. The molecule has 1 saturated heterocycles. The molecule has 0 bridgehead atoms. The van der Waals surface area contributed by atoms with Crippen LogP contribution in [-0.2, 0) is 22.9 Å². The van der Waals surface area contributed by atoms with Crippen molar-refractivity contribution in [2.75, 3.05) is 13.2 Å². The monoisotopic (exact) mass is 468 g/mol. The zero-order valence-electron chi connectivity index (χ0n) is 19.6. The van der Waals surface area contributed by atoms with E-state index in [0.717, 1.165) is 37.1 Å². The number of aromatic nitrogens is 1. The molecular weight excluding hydrogens is 437 g/mol. The van der Waals surface area contributed by atoms with E-state index in [1.807, 2.05) is 43.5 Å². The van der Waals surface area contributed by atoms with E-state index in [0.29, 0.717) is 23.7 Å². The van der Waals surface area contributed by atoms with Crippen LogP contribution in [0, 0.1) is 12.8 Å². The Hall–Kier alpha value is -2.70. The number of pyridine rings is 1. The number of ether oxygens (including phenoxy) is 1. The number of halogens is 3. The molecule has 2 heterocycles. The highest BCUT2D eigenvalue weighted by molar-refractivity contribution is 5.32. The highest BCUT2D eigenvalue weighted by Crippen LogP contribution is 2.36. The number of nitrogens with zero attached hydrogens (tertiary/aromatic N) is 1. The summed E-state index contributed by atoms with van der Waals surface area (Å²) < 4.78 is 46.2. The summed E-state index contributed by atoms with van der Waals surface area (Å²) in [7, 11) is 0. The lowest BCUT2D eigenvalue weighted by molar-refractivity contribution is -0.137. The van der Waals surface area contributed by atoms with Crippen molar-refractivity contribution in [1.82, 2.24) is 10.3 Å². The van der Waals surface area contributed by atoms with Gasteiger partial charge in [-0.15, -0.1) is 0 Å². The summed E-state index contributed by atoms with van der Waals surface area (Å²) in [4.78, 5) is 4.46. The first-order valence-electron chi connectivity index (χ1n) is 11.8. The highest BCUT2D eigenvalue weighted by atomic mass is 19.4. The summed E-state index contributed by atoms with van der Waals surface area (Å²) in [6.45, 7) is 4.71. The Kier molecular flexibility index (Phi) is 7.39.